The van der Waals surface area contributed by atoms with E-state index in [0.717, 1.165) is 12.8 Å². The Bertz CT molecular complexity index is 525. The number of rotatable bonds is 4. The number of ketones is 1. The highest BCUT2D eigenvalue weighted by Gasteiger charge is 2.52. The maximum Gasteiger partial charge on any atom is 0.521 e. The molecule has 6 heteroatoms. The van der Waals surface area contributed by atoms with Crippen LogP contribution in [-0.2, 0) is 4.79 Å². The van der Waals surface area contributed by atoms with Crippen molar-refractivity contribution < 1.29 is 24.0 Å². The highest BCUT2D eigenvalue weighted by Crippen LogP contribution is 2.29. The second-order valence-corrected chi connectivity index (χ2v) is 6.11. The predicted molar refractivity (Wildman–Crippen MR) is 74.7 cm³/mol. The third-order valence-electron chi connectivity index (χ3n) is 4.03. The Morgan fingerprint density at radius 1 is 1.40 bits per heavy atom. The Morgan fingerprint density at radius 2 is 2.15 bits per heavy atom. The molecular formula is C14H18NO4S+. The van der Waals surface area contributed by atoms with Gasteiger partial charge in [0, 0.05) is 19.3 Å². The third-order valence-corrected chi connectivity index (χ3v) is 4.94. The van der Waals surface area contributed by atoms with Crippen molar-refractivity contribution in [1.82, 2.24) is 0 Å². The lowest BCUT2D eigenvalue weighted by Crippen LogP contribution is -2.58. The largest absolute Gasteiger partial charge is 0.521 e. The first-order valence-corrected chi connectivity index (χ1v) is 7.58. The van der Waals surface area contributed by atoms with Crippen molar-refractivity contribution in [2.75, 3.05) is 6.54 Å². The lowest BCUT2D eigenvalue weighted by atomic mass is 10.1. The standard InChI is InChI=1S/C14H17NO4S/c1-10-4-2-8-15(10,14(18)19)13(17)7-6-11(16)12-5-3-9-20-12/h3,5,9-10H,2,4,6-8H2,1H3/p+1/t10-,15?/m1/s1. The molecule has 0 aliphatic carbocycles. The summed E-state index contributed by atoms with van der Waals surface area (Å²) in [6, 6.07) is 3.29. The number of nitrogens with zero attached hydrogens (tertiary/aromatic N) is 1. The van der Waals surface area contributed by atoms with Crippen molar-refractivity contribution in [3.05, 3.63) is 22.4 Å². The van der Waals surface area contributed by atoms with Crippen LogP contribution >= 0.6 is 11.3 Å². The maximum absolute atomic E-state index is 12.3. The third kappa shape index (κ3) is 2.53. The molecule has 0 bridgehead atoms. The lowest BCUT2D eigenvalue weighted by Gasteiger charge is -2.29. The number of carboxylic acid groups (broad SMARTS) is 1. The Hall–Kier alpha value is -1.53. The van der Waals surface area contributed by atoms with Crippen molar-refractivity contribution >= 4 is 29.1 Å². The van der Waals surface area contributed by atoms with Crippen molar-refractivity contribution in [3.63, 3.8) is 0 Å². The fraction of sp³-hybridized carbons (Fsp3) is 0.500. The van der Waals surface area contributed by atoms with E-state index in [4.69, 9.17) is 0 Å². The number of hydrogen-bond donors (Lipinski definition) is 1. The zero-order chi connectivity index (χ0) is 14.8. The first-order valence-electron chi connectivity index (χ1n) is 6.70. The first-order chi connectivity index (χ1) is 9.48. The van der Waals surface area contributed by atoms with Gasteiger partial charge in [-0.25, -0.2) is 4.79 Å². The van der Waals surface area contributed by atoms with Gasteiger partial charge >= 0.3 is 12.0 Å². The van der Waals surface area contributed by atoms with Gasteiger partial charge in [-0.05, 0) is 18.4 Å². The van der Waals surface area contributed by atoms with Crippen LogP contribution in [-0.4, -0.2) is 40.0 Å². The molecule has 1 fully saturated rings. The van der Waals surface area contributed by atoms with Gasteiger partial charge < -0.3 is 5.11 Å². The minimum Gasteiger partial charge on any atom is -0.435 e. The van der Waals surface area contributed by atoms with Gasteiger partial charge in [0.05, 0.1) is 17.8 Å². The Balaban J connectivity index is 2.03. The molecule has 2 amide bonds. The molecule has 1 aromatic heterocycles. The summed E-state index contributed by atoms with van der Waals surface area (Å²) in [5.74, 6) is -0.448. The highest BCUT2D eigenvalue weighted by atomic mass is 32.1. The molecule has 5 nitrogen and oxygen atoms in total. The summed E-state index contributed by atoms with van der Waals surface area (Å²) >= 11 is 1.34. The second-order valence-electron chi connectivity index (χ2n) is 5.16. The quantitative estimate of drug-likeness (QED) is 0.685. The molecule has 0 radical (unpaired) electrons. The van der Waals surface area contributed by atoms with Crippen LogP contribution in [0.4, 0.5) is 4.79 Å². The van der Waals surface area contributed by atoms with E-state index in [1.165, 1.54) is 11.3 Å². The van der Waals surface area contributed by atoms with Crippen LogP contribution in [0, 0.1) is 0 Å². The summed E-state index contributed by atoms with van der Waals surface area (Å²) in [5.41, 5.74) is 0. The number of amides is 2. The number of carbonyl (C=O) groups is 3. The van der Waals surface area contributed by atoms with Crippen molar-refractivity contribution in [1.29, 1.82) is 0 Å². The van der Waals surface area contributed by atoms with Crippen LogP contribution < -0.4 is 0 Å². The second kappa shape index (κ2) is 5.85. The maximum atomic E-state index is 12.3. The molecule has 2 rings (SSSR count). The number of carbonyl (C=O) groups excluding carboxylic acids is 2. The van der Waals surface area contributed by atoms with Crippen molar-refractivity contribution in [2.24, 2.45) is 0 Å². The Morgan fingerprint density at radius 3 is 2.65 bits per heavy atom. The van der Waals surface area contributed by atoms with E-state index < -0.39 is 10.6 Å². The molecule has 1 saturated heterocycles. The number of likely N-dealkylation sites (tertiary alicyclic amines) is 1. The van der Waals surface area contributed by atoms with Gasteiger partial charge in [-0.3, -0.25) is 4.79 Å². The van der Waals surface area contributed by atoms with E-state index in [2.05, 4.69) is 0 Å². The molecule has 2 heterocycles. The average Bonchev–Trinajstić information content (AvgIpc) is 3.04. The van der Waals surface area contributed by atoms with Gasteiger partial charge in [-0.1, -0.05) is 6.07 Å². The van der Waals surface area contributed by atoms with Crippen LogP contribution in [0.5, 0.6) is 0 Å². The zero-order valence-corrected chi connectivity index (χ0v) is 12.2. The summed E-state index contributed by atoms with van der Waals surface area (Å²) in [6.07, 6.45) is 0.449. The zero-order valence-electron chi connectivity index (χ0n) is 11.4. The van der Waals surface area contributed by atoms with Crippen LogP contribution in [0.2, 0.25) is 0 Å². The normalized spacial score (nSPS) is 25.6. The number of thiophene rings is 1. The monoisotopic (exact) mass is 296 g/mol. The topological polar surface area (TPSA) is 71.4 Å². The van der Waals surface area contributed by atoms with Crippen LogP contribution in [0.25, 0.3) is 0 Å². The lowest BCUT2D eigenvalue weighted by molar-refractivity contribution is -0.792. The summed E-state index contributed by atoms with van der Waals surface area (Å²) < 4.78 is -0.516. The van der Waals surface area contributed by atoms with Crippen molar-refractivity contribution in [3.8, 4) is 0 Å². The molecule has 108 valence electrons. The van der Waals surface area contributed by atoms with Gasteiger partial charge in [-0.2, -0.15) is 9.28 Å². The molecule has 20 heavy (non-hydrogen) atoms. The SMILES string of the molecule is C[C@@H]1CCC[N+]1(C(=O)O)C(=O)CCC(=O)c1cccs1. The number of quaternary nitrogens is 1. The molecule has 0 aromatic carbocycles. The average molecular weight is 296 g/mol. The van der Waals surface area contributed by atoms with Gasteiger partial charge in [0.1, 0.15) is 6.04 Å². The first kappa shape index (κ1) is 14.9. The van der Waals surface area contributed by atoms with Gasteiger partial charge in [0.25, 0.3) is 0 Å². The Labute approximate surface area is 121 Å². The smallest absolute Gasteiger partial charge is 0.435 e. The fourth-order valence-corrected chi connectivity index (χ4v) is 3.51. The molecule has 1 N–H and O–H groups in total. The van der Waals surface area contributed by atoms with Crippen LogP contribution in [0.1, 0.15) is 42.3 Å². The Kier molecular flexibility index (Phi) is 4.35. The molecule has 1 aliphatic heterocycles. The van der Waals surface area contributed by atoms with E-state index in [1.54, 1.807) is 19.1 Å². The summed E-state index contributed by atoms with van der Waals surface area (Å²) in [4.78, 5) is 36.4. The van der Waals surface area contributed by atoms with E-state index in [1.807, 2.05) is 5.38 Å². The van der Waals surface area contributed by atoms with E-state index >= 15 is 0 Å². The van der Waals surface area contributed by atoms with Gasteiger partial charge in [-0.15, -0.1) is 11.3 Å². The molecule has 2 atom stereocenters. The molecular weight excluding hydrogens is 278 g/mol. The number of imide groups is 1. The van der Waals surface area contributed by atoms with E-state index in [-0.39, 0.29) is 30.6 Å². The number of Topliss-reactive ketones (excluding diaryl/α,β-unsaturated/α-hetero) is 1. The summed E-state index contributed by atoms with van der Waals surface area (Å²) in [5, 5.41) is 11.2. The fourth-order valence-electron chi connectivity index (χ4n) is 2.82. The van der Waals surface area contributed by atoms with E-state index in [0.29, 0.717) is 11.4 Å². The molecule has 0 saturated carbocycles. The number of hydrogen-bond acceptors (Lipinski definition) is 4. The van der Waals surface area contributed by atoms with Gasteiger partial charge in [0.15, 0.2) is 5.78 Å². The molecule has 0 spiro atoms. The van der Waals surface area contributed by atoms with Crippen LogP contribution in [0.3, 0.4) is 0 Å². The molecule has 1 unspecified atom stereocenters. The summed E-state index contributed by atoms with van der Waals surface area (Å²) in [6.45, 7) is 2.13. The molecule has 1 aromatic rings. The van der Waals surface area contributed by atoms with Crippen LogP contribution in [0.15, 0.2) is 17.5 Å². The molecule has 1 aliphatic rings. The minimum atomic E-state index is -1.09. The minimum absolute atomic E-state index is 0.00657. The van der Waals surface area contributed by atoms with Crippen molar-refractivity contribution in [2.45, 2.75) is 38.6 Å². The highest BCUT2D eigenvalue weighted by molar-refractivity contribution is 7.12. The predicted octanol–water partition coefficient (Wildman–Crippen LogP) is 2.91. The van der Waals surface area contributed by atoms with E-state index in [9.17, 15) is 19.5 Å². The summed E-state index contributed by atoms with van der Waals surface area (Å²) in [7, 11) is 0. The van der Waals surface area contributed by atoms with Gasteiger partial charge in [0.2, 0.25) is 0 Å².